The van der Waals surface area contributed by atoms with E-state index in [2.05, 4.69) is 10.3 Å². The Balaban J connectivity index is 1.76. The Morgan fingerprint density at radius 2 is 2.06 bits per heavy atom. The molecule has 0 saturated carbocycles. The summed E-state index contributed by atoms with van der Waals surface area (Å²) >= 11 is 1.39. The van der Waals surface area contributed by atoms with Crippen molar-refractivity contribution < 1.29 is 26.8 Å². The molecule has 1 N–H and O–H groups in total. The van der Waals surface area contributed by atoms with Crippen molar-refractivity contribution in [2.75, 3.05) is 0 Å². The second kappa shape index (κ2) is 8.22. The number of para-hydroxylation sites is 1. The minimum Gasteiger partial charge on any atom is -0.436 e. The van der Waals surface area contributed by atoms with Crippen LogP contribution in [0, 0.1) is 5.82 Å². The number of carbonyl (C=O) groups excluding carboxylic acids is 1. The van der Waals surface area contributed by atoms with Crippen LogP contribution in [0.4, 0.5) is 17.6 Å². The highest BCUT2D eigenvalue weighted by Gasteiger charge is 2.35. The summed E-state index contributed by atoms with van der Waals surface area (Å²) in [6.07, 6.45) is -1.22. The van der Waals surface area contributed by atoms with E-state index in [1.807, 2.05) is 18.4 Å². The number of hydrogen-bond donors (Lipinski definition) is 1. The number of rotatable bonds is 4. The van der Waals surface area contributed by atoms with Gasteiger partial charge in [0.05, 0.1) is 21.7 Å². The molecule has 0 radical (unpaired) electrons. The van der Waals surface area contributed by atoms with Crippen molar-refractivity contribution in [2.24, 2.45) is 0 Å². The van der Waals surface area contributed by atoms with Crippen molar-refractivity contribution in [1.29, 1.82) is 0 Å². The molecule has 31 heavy (non-hydrogen) atoms. The summed E-state index contributed by atoms with van der Waals surface area (Å²) in [5, 5.41) is 5.46. The summed E-state index contributed by atoms with van der Waals surface area (Å²) in [5.74, 6) is -1.72. The lowest BCUT2D eigenvalue weighted by Gasteiger charge is -2.15. The van der Waals surface area contributed by atoms with Crippen LogP contribution in [0.5, 0.6) is 0 Å². The van der Waals surface area contributed by atoms with E-state index in [-0.39, 0.29) is 16.7 Å². The molecule has 4 nitrogen and oxygen atoms in total. The molecule has 0 unspecified atom stereocenters. The van der Waals surface area contributed by atoms with Crippen LogP contribution >= 0.6 is 11.8 Å². The molecule has 1 amide bonds. The van der Waals surface area contributed by atoms with Gasteiger partial charge in [-0.25, -0.2) is 9.37 Å². The highest BCUT2D eigenvalue weighted by atomic mass is 32.2. The number of aromatic nitrogens is 1. The fourth-order valence-corrected chi connectivity index (χ4v) is 4.14. The lowest BCUT2D eigenvalue weighted by molar-refractivity contribution is -0.137. The van der Waals surface area contributed by atoms with Gasteiger partial charge >= 0.3 is 6.18 Å². The average Bonchev–Trinajstić information content (AvgIpc) is 3.17. The lowest BCUT2D eigenvalue weighted by atomic mass is 10.1. The Bertz CT molecular complexity index is 1230. The summed E-state index contributed by atoms with van der Waals surface area (Å²) in [5.41, 5.74) is -0.157. The van der Waals surface area contributed by atoms with Gasteiger partial charge < -0.3 is 9.73 Å². The molecule has 1 aromatic heterocycles. The first-order valence-corrected chi connectivity index (χ1v) is 10.3. The number of alkyl halides is 3. The second-order valence-electron chi connectivity index (χ2n) is 6.79. The van der Waals surface area contributed by atoms with E-state index in [0.29, 0.717) is 6.07 Å². The number of halogens is 4. The molecular formula is C22H16F4N2O2S. The first-order chi connectivity index (χ1) is 14.8. The molecule has 0 spiro atoms. The van der Waals surface area contributed by atoms with Crippen LogP contribution in [0.25, 0.3) is 22.6 Å². The molecule has 1 aliphatic rings. The molecule has 160 valence electrons. The number of allylic oxidation sites excluding steroid dienone is 2. The Kier molecular flexibility index (Phi) is 5.62. The third-order valence-electron chi connectivity index (χ3n) is 4.80. The first-order valence-electron chi connectivity index (χ1n) is 9.39. The number of fused-ring (bicyclic) bond motifs is 1. The fraction of sp³-hybridized carbons (Fsp3) is 0.182. The van der Waals surface area contributed by atoms with Crippen molar-refractivity contribution >= 4 is 28.8 Å². The van der Waals surface area contributed by atoms with Crippen molar-refractivity contribution in [1.82, 2.24) is 10.3 Å². The van der Waals surface area contributed by atoms with Gasteiger partial charge in [0.15, 0.2) is 5.58 Å². The Morgan fingerprint density at radius 3 is 2.81 bits per heavy atom. The van der Waals surface area contributed by atoms with Crippen LogP contribution in [0.1, 0.15) is 35.7 Å². The highest BCUT2D eigenvalue weighted by Crippen LogP contribution is 2.38. The third-order valence-corrected chi connectivity index (χ3v) is 5.76. The number of nitrogens with one attached hydrogen (secondary N) is 1. The first kappa shape index (κ1) is 21.2. The summed E-state index contributed by atoms with van der Waals surface area (Å²) in [6, 6.07) is 6.63. The predicted molar refractivity (Wildman–Crippen MR) is 111 cm³/mol. The van der Waals surface area contributed by atoms with Gasteiger partial charge in [0.25, 0.3) is 5.91 Å². The largest absolute Gasteiger partial charge is 0.436 e. The molecule has 2 aromatic carbocycles. The van der Waals surface area contributed by atoms with Crippen molar-refractivity contribution in [3.05, 3.63) is 75.4 Å². The van der Waals surface area contributed by atoms with Gasteiger partial charge in [-0.05, 0) is 54.2 Å². The molecule has 0 bridgehead atoms. The van der Waals surface area contributed by atoms with Gasteiger partial charge in [-0.1, -0.05) is 30.8 Å². The number of hydrogen-bond acceptors (Lipinski definition) is 4. The summed E-state index contributed by atoms with van der Waals surface area (Å²) in [6.45, 7) is 1.99. The summed E-state index contributed by atoms with van der Waals surface area (Å²) < 4.78 is 59.4. The zero-order chi connectivity index (χ0) is 22.2. The standard InChI is InChI=1S/C22H16F4N2O2S/c1-2-12-5-4-10-31-21(12)28-19(29)14-6-3-7-17-18(14)27-20(30-17)15-11-13(23)8-9-16(15)22(24,25)26/h3-4,6-11H,2,5H2,1H3,(H,28,29). The molecule has 0 fully saturated rings. The molecule has 4 rings (SSSR count). The maximum atomic E-state index is 13.7. The van der Waals surface area contributed by atoms with Crippen LogP contribution < -0.4 is 5.32 Å². The predicted octanol–water partition coefficient (Wildman–Crippen LogP) is 6.65. The zero-order valence-electron chi connectivity index (χ0n) is 16.2. The van der Waals surface area contributed by atoms with Crippen LogP contribution in [-0.4, -0.2) is 10.9 Å². The maximum Gasteiger partial charge on any atom is 0.417 e. The third kappa shape index (κ3) is 4.23. The van der Waals surface area contributed by atoms with E-state index < -0.39 is 34.9 Å². The molecule has 3 aromatic rings. The average molecular weight is 448 g/mol. The smallest absolute Gasteiger partial charge is 0.417 e. The molecule has 2 heterocycles. The molecule has 0 saturated heterocycles. The number of nitrogens with zero attached hydrogens (tertiary/aromatic N) is 1. The molecule has 9 heteroatoms. The maximum absolute atomic E-state index is 13.7. The monoisotopic (exact) mass is 448 g/mol. The van der Waals surface area contributed by atoms with Gasteiger partial charge in [0.2, 0.25) is 5.89 Å². The van der Waals surface area contributed by atoms with Gasteiger partial charge in [-0.2, -0.15) is 13.2 Å². The zero-order valence-corrected chi connectivity index (χ0v) is 17.0. The number of benzene rings is 2. The van der Waals surface area contributed by atoms with Crippen molar-refractivity contribution in [3.8, 4) is 11.5 Å². The van der Waals surface area contributed by atoms with Crippen LogP contribution in [-0.2, 0) is 6.18 Å². The number of amides is 1. The van der Waals surface area contributed by atoms with Gasteiger partial charge in [-0.3, -0.25) is 4.79 Å². The second-order valence-corrected chi connectivity index (χ2v) is 7.71. The van der Waals surface area contributed by atoms with Gasteiger partial charge in [0.1, 0.15) is 11.3 Å². The van der Waals surface area contributed by atoms with E-state index in [9.17, 15) is 22.4 Å². The van der Waals surface area contributed by atoms with E-state index in [0.717, 1.165) is 35.6 Å². The Labute approximate surface area is 179 Å². The lowest BCUT2D eigenvalue weighted by Crippen LogP contribution is -2.23. The van der Waals surface area contributed by atoms with E-state index in [1.54, 1.807) is 6.07 Å². The molecule has 0 atom stereocenters. The molecule has 1 aliphatic heterocycles. The van der Waals surface area contributed by atoms with Crippen LogP contribution in [0.3, 0.4) is 0 Å². The molecular weight excluding hydrogens is 432 g/mol. The number of oxazole rings is 1. The van der Waals surface area contributed by atoms with Gasteiger partial charge in [0, 0.05) is 0 Å². The van der Waals surface area contributed by atoms with E-state index in [1.165, 1.54) is 23.9 Å². The fourth-order valence-electron chi connectivity index (χ4n) is 3.26. The van der Waals surface area contributed by atoms with Crippen LogP contribution in [0.15, 0.2) is 62.9 Å². The SMILES string of the molecule is CCC1=C(NC(=O)c2cccc3oc(-c4cc(F)ccc4C(F)(F)F)nc23)SC=CC1. The minimum atomic E-state index is -4.72. The van der Waals surface area contributed by atoms with E-state index >= 15 is 0 Å². The Hall–Kier alpha value is -3.07. The van der Waals surface area contributed by atoms with Crippen molar-refractivity contribution in [3.63, 3.8) is 0 Å². The van der Waals surface area contributed by atoms with Crippen LogP contribution in [0.2, 0.25) is 0 Å². The highest BCUT2D eigenvalue weighted by molar-refractivity contribution is 8.05. The topological polar surface area (TPSA) is 55.1 Å². The normalized spacial score (nSPS) is 14.4. The summed E-state index contributed by atoms with van der Waals surface area (Å²) in [7, 11) is 0. The minimum absolute atomic E-state index is 0.0994. The van der Waals surface area contributed by atoms with Gasteiger partial charge in [-0.15, -0.1) is 0 Å². The number of carbonyl (C=O) groups is 1. The molecule has 0 aliphatic carbocycles. The summed E-state index contributed by atoms with van der Waals surface area (Å²) in [4.78, 5) is 17.0. The van der Waals surface area contributed by atoms with Crippen molar-refractivity contribution in [2.45, 2.75) is 25.9 Å². The Morgan fingerprint density at radius 1 is 1.26 bits per heavy atom. The van der Waals surface area contributed by atoms with E-state index in [4.69, 9.17) is 4.42 Å². The number of thioether (sulfide) groups is 1. The quantitative estimate of drug-likeness (QED) is 0.454.